The van der Waals surface area contributed by atoms with Gasteiger partial charge in [0.2, 0.25) is 0 Å². The van der Waals surface area contributed by atoms with Gasteiger partial charge in [-0.05, 0) is 32.6 Å². The summed E-state index contributed by atoms with van der Waals surface area (Å²) in [7, 11) is 1.97. The molecule has 0 radical (unpaired) electrons. The van der Waals surface area contributed by atoms with Crippen molar-refractivity contribution in [2.45, 2.75) is 64.6 Å². The van der Waals surface area contributed by atoms with E-state index in [4.69, 9.17) is 9.73 Å². The summed E-state index contributed by atoms with van der Waals surface area (Å²) in [4.78, 5) is 7.19. The first-order valence-corrected chi connectivity index (χ1v) is 10.9. The van der Waals surface area contributed by atoms with Crippen molar-refractivity contribution in [1.29, 1.82) is 0 Å². The quantitative estimate of drug-likeness (QED) is 0.366. The average molecular weight is 516 g/mol. The predicted octanol–water partition coefficient (Wildman–Crippen LogP) is 2.77. The summed E-state index contributed by atoms with van der Waals surface area (Å²) in [5.41, 5.74) is 1.36. The molecule has 1 aromatic rings. The number of aliphatic imine (C=N–C) groups is 1. The maximum atomic E-state index is 6.06. The van der Waals surface area contributed by atoms with Crippen LogP contribution < -0.4 is 15.5 Å². The molecule has 2 saturated heterocycles. The smallest absolute Gasteiger partial charge is 0.191 e. The number of fused-ring (bicyclic) bond motifs is 1. The van der Waals surface area contributed by atoms with E-state index in [2.05, 4.69) is 47.6 Å². The van der Waals surface area contributed by atoms with Gasteiger partial charge in [0.05, 0.1) is 18.0 Å². The van der Waals surface area contributed by atoms with Crippen LogP contribution in [0.25, 0.3) is 0 Å². The van der Waals surface area contributed by atoms with Gasteiger partial charge in [-0.25, -0.2) is 0 Å². The van der Waals surface area contributed by atoms with Crippen molar-refractivity contribution in [2.75, 3.05) is 31.1 Å². The number of anilines is 1. The Labute approximate surface area is 192 Å². The first-order chi connectivity index (χ1) is 13.5. The highest BCUT2D eigenvalue weighted by molar-refractivity contribution is 14.0. The molecule has 2 aliphatic heterocycles. The van der Waals surface area contributed by atoms with Crippen molar-refractivity contribution >= 4 is 35.6 Å². The molecule has 164 valence electrons. The van der Waals surface area contributed by atoms with Crippen LogP contribution in [0.5, 0.6) is 0 Å². The Kier molecular flexibility index (Phi) is 7.35. The highest BCUT2D eigenvalue weighted by Gasteiger charge is 2.58. The van der Waals surface area contributed by atoms with Crippen LogP contribution in [-0.2, 0) is 11.8 Å². The number of piperidine rings is 1. The van der Waals surface area contributed by atoms with E-state index in [1.807, 2.05) is 17.9 Å². The van der Waals surface area contributed by atoms with Crippen molar-refractivity contribution in [3.8, 4) is 0 Å². The van der Waals surface area contributed by atoms with Gasteiger partial charge in [0.25, 0.3) is 0 Å². The lowest BCUT2D eigenvalue weighted by Crippen LogP contribution is -2.71. The van der Waals surface area contributed by atoms with Crippen LogP contribution in [0.15, 0.2) is 17.4 Å². The van der Waals surface area contributed by atoms with E-state index in [-0.39, 0.29) is 29.4 Å². The number of nitrogens with one attached hydrogen (secondary N) is 2. The summed E-state index contributed by atoms with van der Waals surface area (Å²) in [5, 5.41) is 11.8. The molecule has 0 bridgehead atoms. The molecule has 1 aliphatic carbocycles. The van der Waals surface area contributed by atoms with Crippen LogP contribution in [0.2, 0.25) is 0 Å². The van der Waals surface area contributed by atoms with E-state index in [9.17, 15) is 0 Å². The maximum absolute atomic E-state index is 6.06. The molecule has 1 saturated carbocycles. The Balaban J connectivity index is 0.00000240. The Bertz CT molecular complexity index is 705. The van der Waals surface area contributed by atoms with Crippen LogP contribution in [0.4, 0.5) is 5.69 Å². The Hall–Kier alpha value is -1.03. The lowest BCUT2D eigenvalue weighted by Gasteiger charge is -2.60. The largest absolute Gasteiger partial charge is 0.377 e. The average Bonchev–Trinajstić information content (AvgIpc) is 3.13. The van der Waals surface area contributed by atoms with Crippen molar-refractivity contribution in [3.63, 3.8) is 0 Å². The minimum absolute atomic E-state index is 0. The molecule has 29 heavy (non-hydrogen) atoms. The Morgan fingerprint density at radius 1 is 1.31 bits per heavy atom. The Morgan fingerprint density at radius 3 is 2.86 bits per heavy atom. The molecule has 0 spiro atoms. The van der Waals surface area contributed by atoms with Gasteiger partial charge in [-0.15, -0.1) is 24.0 Å². The molecule has 0 amide bonds. The highest BCUT2D eigenvalue weighted by Crippen LogP contribution is 2.51. The van der Waals surface area contributed by atoms with Crippen LogP contribution in [0.1, 0.15) is 46.5 Å². The number of halogens is 1. The van der Waals surface area contributed by atoms with Gasteiger partial charge in [-0.2, -0.15) is 5.10 Å². The van der Waals surface area contributed by atoms with Crippen LogP contribution >= 0.6 is 24.0 Å². The standard InChI is InChI=1S/C21H36N6O.HI/c1-5-22-20(25-18-17-9-7-11-28-19(17)21(18,2)3)24-15-8-6-10-27(13-15)16-12-23-26(4)14-16;/h12,14-15,17-19H,5-11,13H2,1-4H3,(H2,22,24,25);1H. The molecule has 3 heterocycles. The van der Waals surface area contributed by atoms with E-state index in [0.29, 0.717) is 24.1 Å². The fourth-order valence-electron chi connectivity index (χ4n) is 5.35. The highest BCUT2D eigenvalue weighted by atomic mass is 127. The molecule has 4 unspecified atom stereocenters. The maximum Gasteiger partial charge on any atom is 0.191 e. The normalized spacial score (nSPS) is 31.3. The number of rotatable bonds is 4. The van der Waals surface area contributed by atoms with Crippen molar-refractivity contribution < 1.29 is 4.74 Å². The second-order valence-electron chi connectivity index (χ2n) is 9.17. The number of hydrogen-bond donors (Lipinski definition) is 2. The third-order valence-electron chi connectivity index (χ3n) is 6.76. The molecule has 1 aromatic heterocycles. The van der Waals surface area contributed by atoms with Gasteiger partial charge in [0, 0.05) is 62.9 Å². The fourth-order valence-corrected chi connectivity index (χ4v) is 5.35. The van der Waals surface area contributed by atoms with Gasteiger partial charge >= 0.3 is 0 Å². The van der Waals surface area contributed by atoms with Gasteiger partial charge < -0.3 is 20.3 Å². The van der Waals surface area contributed by atoms with Gasteiger partial charge in [-0.1, -0.05) is 13.8 Å². The first-order valence-electron chi connectivity index (χ1n) is 10.9. The number of nitrogens with zero attached hydrogens (tertiary/aromatic N) is 4. The minimum Gasteiger partial charge on any atom is -0.377 e. The summed E-state index contributed by atoms with van der Waals surface area (Å²) in [6, 6.07) is 0.821. The van der Waals surface area contributed by atoms with E-state index in [0.717, 1.165) is 32.2 Å². The molecular formula is C21H37IN6O. The predicted molar refractivity (Wildman–Crippen MR) is 128 cm³/mol. The summed E-state index contributed by atoms with van der Waals surface area (Å²) < 4.78 is 7.94. The second-order valence-corrected chi connectivity index (χ2v) is 9.17. The van der Waals surface area contributed by atoms with Crippen molar-refractivity contribution in [1.82, 2.24) is 20.4 Å². The SMILES string of the molecule is CCN=C(NC1CCCN(c2cnn(C)c2)C1)NC1C2CCCOC2C1(C)C.I. The fraction of sp³-hybridized carbons (Fsp3) is 0.810. The molecule has 4 atom stereocenters. The van der Waals surface area contributed by atoms with E-state index < -0.39 is 0 Å². The lowest BCUT2D eigenvalue weighted by atomic mass is 9.55. The van der Waals surface area contributed by atoms with E-state index in [1.165, 1.54) is 31.4 Å². The van der Waals surface area contributed by atoms with Crippen molar-refractivity contribution in [2.24, 2.45) is 23.4 Å². The molecule has 3 fully saturated rings. The zero-order valence-electron chi connectivity index (χ0n) is 18.2. The van der Waals surface area contributed by atoms with Crippen LogP contribution in [0.3, 0.4) is 0 Å². The van der Waals surface area contributed by atoms with E-state index >= 15 is 0 Å². The van der Waals surface area contributed by atoms with Gasteiger partial charge in [0.15, 0.2) is 5.96 Å². The topological polar surface area (TPSA) is 66.7 Å². The summed E-state index contributed by atoms with van der Waals surface area (Å²) in [6.07, 6.45) is 9.22. The Morgan fingerprint density at radius 2 is 2.14 bits per heavy atom. The number of ether oxygens (including phenoxy) is 1. The summed E-state index contributed by atoms with van der Waals surface area (Å²) >= 11 is 0. The third-order valence-corrected chi connectivity index (χ3v) is 6.76. The monoisotopic (exact) mass is 516 g/mol. The molecule has 2 N–H and O–H groups in total. The van der Waals surface area contributed by atoms with Crippen LogP contribution in [0, 0.1) is 11.3 Å². The summed E-state index contributed by atoms with van der Waals surface area (Å²) in [5.74, 6) is 1.56. The van der Waals surface area contributed by atoms with Crippen LogP contribution in [-0.4, -0.2) is 60.2 Å². The van der Waals surface area contributed by atoms with Crippen molar-refractivity contribution in [3.05, 3.63) is 12.4 Å². The molecule has 7 nitrogen and oxygen atoms in total. The number of guanidine groups is 1. The molecule has 0 aromatic carbocycles. The zero-order valence-corrected chi connectivity index (χ0v) is 20.6. The van der Waals surface area contributed by atoms with Gasteiger partial charge in [0.1, 0.15) is 0 Å². The molecular weight excluding hydrogens is 479 g/mol. The molecule has 3 aliphatic rings. The molecule has 8 heteroatoms. The zero-order chi connectivity index (χ0) is 19.7. The lowest BCUT2D eigenvalue weighted by molar-refractivity contribution is -0.188. The minimum atomic E-state index is 0. The van der Waals surface area contributed by atoms with E-state index in [1.54, 1.807) is 0 Å². The third kappa shape index (κ3) is 4.68. The first kappa shape index (κ1) is 22.7. The number of aryl methyl sites for hydroxylation is 1. The van der Waals surface area contributed by atoms with Gasteiger partial charge in [-0.3, -0.25) is 9.67 Å². The summed E-state index contributed by atoms with van der Waals surface area (Å²) in [6.45, 7) is 10.5. The molecule has 4 rings (SSSR count). The second kappa shape index (κ2) is 9.41. The number of hydrogen-bond acceptors (Lipinski definition) is 4. The number of aromatic nitrogens is 2.